The molecule has 2 amide bonds. The van der Waals surface area contributed by atoms with Gasteiger partial charge in [-0.3, -0.25) is 14.5 Å². The number of carbonyl (C=O) groups excluding carboxylic acids is 2. The van der Waals surface area contributed by atoms with Crippen LogP contribution in [0.25, 0.3) is 0 Å². The molecule has 1 fully saturated rings. The van der Waals surface area contributed by atoms with E-state index in [0.29, 0.717) is 0 Å². The van der Waals surface area contributed by atoms with Crippen molar-refractivity contribution >= 4 is 40.2 Å². The minimum absolute atomic E-state index is 0.0553. The Hall–Kier alpha value is -2.44. The van der Waals surface area contributed by atoms with E-state index in [0.717, 1.165) is 58.5 Å². The van der Waals surface area contributed by atoms with E-state index in [1.807, 2.05) is 48.2 Å². The molecule has 168 valence electrons. The van der Waals surface area contributed by atoms with Crippen molar-refractivity contribution in [2.75, 3.05) is 4.90 Å². The Morgan fingerprint density at radius 1 is 1.09 bits per heavy atom. The average Bonchev–Trinajstić information content (AvgIpc) is 3.50. The summed E-state index contributed by atoms with van der Waals surface area (Å²) in [5.74, 6) is -0.144. The number of hydrogen-bond acceptors (Lipinski definition) is 4. The fraction of sp³-hybridized carbons (Fsp3) is 0.385. The van der Waals surface area contributed by atoms with Gasteiger partial charge < -0.3 is 5.32 Å². The van der Waals surface area contributed by atoms with Crippen LogP contribution < -0.4 is 10.2 Å². The number of rotatable bonds is 7. The second-order valence-corrected chi connectivity index (χ2v) is 10.5. The minimum Gasteiger partial charge on any atom is -0.351 e. The van der Waals surface area contributed by atoms with Gasteiger partial charge in [0.2, 0.25) is 11.8 Å². The Morgan fingerprint density at radius 2 is 1.81 bits per heavy atom. The van der Waals surface area contributed by atoms with Crippen molar-refractivity contribution in [3.63, 3.8) is 0 Å². The number of anilines is 1. The quantitative estimate of drug-likeness (QED) is 0.457. The molecule has 0 aliphatic heterocycles. The fourth-order valence-corrected chi connectivity index (χ4v) is 6.17. The monoisotopic (exact) mass is 466 g/mol. The molecule has 1 N–H and O–H groups in total. The number of hydrogen-bond donors (Lipinski definition) is 1. The van der Waals surface area contributed by atoms with E-state index in [4.69, 9.17) is 0 Å². The summed E-state index contributed by atoms with van der Waals surface area (Å²) in [5, 5.41) is 9.20. The van der Waals surface area contributed by atoms with Crippen LogP contribution in [-0.2, 0) is 16.0 Å². The molecule has 32 heavy (non-hydrogen) atoms. The van der Waals surface area contributed by atoms with Crippen molar-refractivity contribution in [3.8, 4) is 0 Å². The lowest BCUT2D eigenvalue weighted by Gasteiger charge is -2.34. The Balaban J connectivity index is 1.79. The third kappa shape index (κ3) is 4.97. The maximum absolute atomic E-state index is 13.8. The van der Waals surface area contributed by atoms with E-state index < -0.39 is 6.04 Å². The van der Waals surface area contributed by atoms with Crippen LogP contribution in [0.15, 0.2) is 46.5 Å². The second-order valence-electron chi connectivity index (χ2n) is 8.72. The molecule has 1 aromatic carbocycles. The lowest BCUT2D eigenvalue weighted by atomic mass is 9.99. The molecule has 1 atom stereocenters. The summed E-state index contributed by atoms with van der Waals surface area (Å²) in [7, 11) is 0. The van der Waals surface area contributed by atoms with Crippen LogP contribution in [0.5, 0.6) is 0 Å². The number of nitrogens with one attached hydrogen (secondary N) is 1. The van der Waals surface area contributed by atoms with E-state index in [-0.39, 0.29) is 24.3 Å². The molecule has 1 saturated carbocycles. The molecule has 4 nitrogen and oxygen atoms in total. The van der Waals surface area contributed by atoms with E-state index in [2.05, 4.69) is 24.4 Å². The highest BCUT2D eigenvalue weighted by Gasteiger charge is 2.36. The Kier molecular flexibility index (Phi) is 7.11. The lowest BCUT2D eigenvalue weighted by Crippen LogP contribution is -2.47. The molecular formula is C26H30N2O2S2. The third-order valence-corrected chi connectivity index (χ3v) is 7.70. The van der Waals surface area contributed by atoms with Gasteiger partial charge in [0.05, 0.1) is 12.1 Å². The highest BCUT2D eigenvalue weighted by Crippen LogP contribution is 2.36. The molecule has 2 aromatic heterocycles. The highest BCUT2D eigenvalue weighted by atomic mass is 32.1. The molecular weight excluding hydrogens is 436 g/mol. The Bertz CT molecular complexity index is 1040. The van der Waals surface area contributed by atoms with Gasteiger partial charge in [0.1, 0.15) is 6.04 Å². The van der Waals surface area contributed by atoms with Crippen molar-refractivity contribution < 1.29 is 9.59 Å². The molecule has 2 heterocycles. The molecule has 0 bridgehead atoms. The van der Waals surface area contributed by atoms with Gasteiger partial charge in [0.15, 0.2) is 0 Å². The van der Waals surface area contributed by atoms with Gasteiger partial charge in [-0.25, -0.2) is 0 Å². The lowest BCUT2D eigenvalue weighted by molar-refractivity contribution is -0.127. The van der Waals surface area contributed by atoms with Gasteiger partial charge in [-0.2, -0.15) is 11.3 Å². The van der Waals surface area contributed by atoms with Gasteiger partial charge in [0.25, 0.3) is 0 Å². The molecule has 0 spiro atoms. The van der Waals surface area contributed by atoms with Crippen LogP contribution in [0.2, 0.25) is 0 Å². The van der Waals surface area contributed by atoms with Gasteiger partial charge in [-0.15, -0.1) is 11.3 Å². The third-order valence-electron chi connectivity index (χ3n) is 6.12. The predicted octanol–water partition coefficient (Wildman–Crippen LogP) is 6.11. The van der Waals surface area contributed by atoms with Crippen molar-refractivity contribution in [2.24, 2.45) is 0 Å². The molecule has 1 aliphatic carbocycles. The molecule has 6 heteroatoms. The van der Waals surface area contributed by atoms with E-state index in [1.165, 1.54) is 0 Å². The van der Waals surface area contributed by atoms with E-state index >= 15 is 0 Å². The van der Waals surface area contributed by atoms with Crippen molar-refractivity contribution in [1.82, 2.24) is 5.32 Å². The van der Waals surface area contributed by atoms with Crippen LogP contribution in [0.3, 0.4) is 0 Å². The Morgan fingerprint density at radius 3 is 2.41 bits per heavy atom. The van der Waals surface area contributed by atoms with E-state index in [9.17, 15) is 9.59 Å². The van der Waals surface area contributed by atoms with E-state index in [1.54, 1.807) is 27.6 Å². The second kappa shape index (κ2) is 10.0. The highest BCUT2D eigenvalue weighted by molar-refractivity contribution is 7.10. The number of nitrogens with zero attached hydrogens (tertiary/aromatic N) is 1. The van der Waals surface area contributed by atoms with Crippen molar-refractivity contribution in [3.05, 3.63) is 73.6 Å². The number of aryl methyl sites for hydroxylation is 3. The summed E-state index contributed by atoms with van der Waals surface area (Å²) < 4.78 is 0. The van der Waals surface area contributed by atoms with Crippen LogP contribution in [0, 0.1) is 20.8 Å². The number of benzene rings is 1. The first-order valence-electron chi connectivity index (χ1n) is 11.2. The first-order chi connectivity index (χ1) is 15.4. The molecule has 0 saturated heterocycles. The molecule has 3 aromatic rings. The van der Waals surface area contributed by atoms with Gasteiger partial charge in [-0.05, 0) is 78.6 Å². The minimum atomic E-state index is -0.686. The average molecular weight is 467 g/mol. The number of carbonyl (C=O) groups is 2. The summed E-state index contributed by atoms with van der Waals surface area (Å²) in [4.78, 5) is 30.3. The number of amides is 2. The topological polar surface area (TPSA) is 49.4 Å². The first kappa shape index (κ1) is 22.7. The van der Waals surface area contributed by atoms with Gasteiger partial charge >= 0.3 is 0 Å². The first-order valence-corrected chi connectivity index (χ1v) is 13.0. The van der Waals surface area contributed by atoms with Crippen LogP contribution in [-0.4, -0.2) is 17.9 Å². The standard InChI is InChI=1S/C26H30N2O2S2/c1-17-13-18(2)24(19(3)14-17)28(23(29)15-22-9-6-11-32-22)25(20-10-12-31-16-20)26(30)27-21-7-4-5-8-21/h6,9-14,16,21,25H,4-5,7-8,15H2,1-3H3,(H,27,30)/t25-/m1/s1. The molecule has 0 radical (unpaired) electrons. The summed E-state index contributed by atoms with van der Waals surface area (Å²) in [5.41, 5.74) is 4.88. The zero-order valence-electron chi connectivity index (χ0n) is 18.9. The summed E-state index contributed by atoms with van der Waals surface area (Å²) in [6.45, 7) is 6.12. The van der Waals surface area contributed by atoms with Crippen LogP contribution >= 0.6 is 22.7 Å². The zero-order valence-corrected chi connectivity index (χ0v) is 20.5. The summed E-state index contributed by atoms with van der Waals surface area (Å²) >= 11 is 3.13. The normalized spacial score (nSPS) is 15.0. The van der Waals surface area contributed by atoms with Gasteiger partial charge in [-0.1, -0.05) is 36.6 Å². The Labute approximate surface area is 198 Å². The summed E-state index contributed by atoms with van der Waals surface area (Å²) in [6, 6.07) is 9.60. The fourth-order valence-electron chi connectivity index (χ4n) is 4.80. The maximum Gasteiger partial charge on any atom is 0.248 e. The van der Waals surface area contributed by atoms with Gasteiger partial charge in [0, 0.05) is 10.9 Å². The maximum atomic E-state index is 13.8. The zero-order chi connectivity index (χ0) is 22.7. The predicted molar refractivity (Wildman–Crippen MR) is 134 cm³/mol. The SMILES string of the molecule is Cc1cc(C)c(N(C(=O)Cc2cccs2)[C@@H](C(=O)NC2CCCC2)c2ccsc2)c(C)c1. The van der Waals surface area contributed by atoms with Crippen molar-refractivity contribution in [2.45, 2.75) is 65.0 Å². The largest absolute Gasteiger partial charge is 0.351 e. The number of thiophene rings is 2. The molecule has 1 aliphatic rings. The molecule has 4 rings (SSSR count). The van der Waals surface area contributed by atoms with Crippen LogP contribution in [0.1, 0.15) is 58.9 Å². The smallest absolute Gasteiger partial charge is 0.248 e. The molecule has 0 unspecified atom stereocenters. The van der Waals surface area contributed by atoms with Crippen molar-refractivity contribution in [1.29, 1.82) is 0 Å². The van der Waals surface area contributed by atoms with Crippen LogP contribution in [0.4, 0.5) is 5.69 Å². The summed E-state index contributed by atoms with van der Waals surface area (Å²) in [6.07, 6.45) is 4.58.